The minimum Gasteiger partial charge on any atom is -0.481 e. The van der Waals surface area contributed by atoms with Crippen molar-refractivity contribution in [3.8, 4) is 0 Å². The average molecular weight is 338 g/mol. The van der Waals surface area contributed by atoms with Crippen molar-refractivity contribution in [1.82, 2.24) is 9.88 Å². The number of amides is 1. The van der Waals surface area contributed by atoms with Crippen molar-refractivity contribution >= 4 is 22.8 Å². The highest BCUT2D eigenvalue weighted by molar-refractivity contribution is 6.07. The summed E-state index contributed by atoms with van der Waals surface area (Å²) in [5.41, 5.74) is 4.75. The maximum absolute atomic E-state index is 13.2. The molecular formula is C20H22N2O3. The lowest BCUT2D eigenvalue weighted by atomic mass is 10.00. The number of fused-ring (bicyclic) bond motifs is 1. The Hall–Kier alpha value is -2.43. The molecular weight excluding hydrogens is 316 g/mol. The Bertz CT molecular complexity index is 886. The molecule has 1 aromatic heterocycles. The average Bonchev–Trinajstić information content (AvgIpc) is 3.29. The van der Waals surface area contributed by atoms with Gasteiger partial charge in [-0.1, -0.05) is 11.6 Å². The lowest BCUT2D eigenvalue weighted by Gasteiger charge is -2.18. The second-order valence-electron chi connectivity index (χ2n) is 7.42. The van der Waals surface area contributed by atoms with Crippen LogP contribution in [0.1, 0.15) is 52.4 Å². The van der Waals surface area contributed by atoms with Crippen LogP contribution in [0.5, 0.6) is 0 Å². The van der Waals surface area contributed by atoms with Gasteiger partial charge in [0.1, 0.15) is 0 Å². The van der Waals surface area contributed by atoms with Gasteiger partial charge in [-0.15, -0.1) is 0 Å². The van der Waals surface area contributed by atoms with E-state index in [0.717, 1.165) is 40.6 Å². The van der Waals surface area contributed by atoms with Crippen LogP contribution in [0, 0.1) is 19.8 Å². The van der Waals surface area contributed by atoms with E-state index in [4.69, 9.17) is 4.98 Å². The predicted molar refractivity (Wildman–Crippen MR) is 94.8 cm³/mol. The van der Waals surface area contributed by atoms with Crippen LogP contribution in [-0.4, -0.2) is 40.0 Å². The number of benzene rings is 1. The van der Waals surface area contributed by atoms with Crippen molar-refractivity contribution in [2.45, 2.75) is 39.0 Å². The number of rotatable bonds is 3. The molecule has 1 saturated heterocycles. The first-order chi connectivity index (χ1) is 11.9. The molecule has 1 saturated carbocycles. The van der Waals surface area contributed by atoms with Gasteiger partial charge in [0.15, 0.2) is 0 Å². The summed E-state index contributed by atoms with van der Waals surface area (Å²) in [7, 11) is 0. The number of likely N-dealkylation sites (tertiary alicyclic amines) is 1. The summed E-state index contributed by atoms with van der Waals surface area (Å²) in [5.74, 6) is -0.881. The molecule has 130 valence electrons. The van der Waals surface area contributed by atoms with Gasteiger partial charge >= 0.3 is 5.97 Å². The molecule has 1 aliphatic carbocycles. The summed E-state index contributed by atoms with van der Waals surface area (Å²) >= 11 is 0. The summed E-state index contributed by atoms with van der Waals surface area (Å²) in [6.45, 7) is 4.85. The van der Waals surface area contributed by atoms with E-state index in [1.807, 2.05) is 26.0 Å². The van der Waals surface area contributed by atoms with E-state index >= 15 is 0 Å². The number of aryl methyl sites for hydroxylation is 2. The molecule has 5 heteroatoms. The number of hydrogen-bond donors (Lipinski definition) is 1. The molecule has 2 aliphatic rings. The number of carboxylic acid groups (broad SMARTS) is 1. The van der Waals surface area contributed by atoms with E-state index in [2.05, 4.69) is 6.07 Å². The van der Waals surface area contributed by atoms with Gasteiger partial charge < -0.3 is 10.0 Å². The SMILES string of the molecule is Cc1cc(C)c2nc(C3CC3)cc(C(=O)N3CCC(C(=O)O)C3)c2c1. The molecule has 1 atom stereocenters. The van der Waals surface area contributed by atoms with Crippen LogP contribution in [0.4, 0.5) is 0 Å². The summed E-state index contributed by atoms with van der Waals surface area (Å²) in [6, 6.07) is 6.05. The highest BCUT2D eigenvalue weighted by atomic mass is 16.4. The minimum absolute atomic E-state index is 0.0666. The Morgan fingerprint density at radius 1 is 1.16 bits per heavy atom. The van der Waals surface area contributed by atoms with Crippen LogP contribution in [0.25, 0.3) is 10.9 Å². The van der Waals surface area contributed by atoms with E-state index in [9.17, 15) is 14.7 Å². The molecule has 1 aromatic carbocycles. The zero-order valence-electron chi connectivity index (χ0n) is 14.6. The van der Waals surface area contributed by atoms with E-state index < -0.39 is 11.9 Å². The molecule has 2 fully saturated rings. The van der Waals surface area contributed by atoms with E-state index in [1.165, 1.54) is 0 Å². The maximum Gasteiger partial charge on any atom is 0.308 e. The summed E-state index contributed by atoms with van der Waals surface area (Å²) in [5, 5.41) is 10.1. The van der Waals surface area contributed by atoms with Gasteiger partial charge in [-0.2, -0.15) is 0 Å². The van der Waals surface area contributed by atoms with Gasteiger partial charge in [-0.25, -0.2) is 0 Å². The fourth-order valence-electron chi connectivity index (χ4n) is 3.78. The molecule has 1 aliphatic heterocycles. The second kappa shape index (κ2) is 5.83. The van der Waals surface area contributed by atoms with Crippen molar-refractivity contribution < 1.29 is 14.7 Å². The van der Waals surface area contributed by atoms with Crippen LogP contribution >= 0.6 is 0 Å². The van der Waals surface area contributed by atoms with Crippen molar-refractivity contribution in [2.24, 2.45) is 5.92 Å². The van der Waals surface area contributed by atoms with Crippen molar-refractivity contribution in [2.75, 3.05) is 13.1 Å². The Kier molecular flexibility index (Phi) is 3.74. The van der Waals surface area contributed by atoms with Crippen LogP contribution in [-0.2, 0) is 4.79 Å². The van der Waals surface area contributed by atoms with Gasteiger partial charge in [0.2, 0.25) is 0 Å². The summed E-state index contributed by atoms with van der Waals surface area (Å²) in [6.07, 6.45) is 2.78. The molecule has 1 amide bonds. The fraction of sp³-hybridized carbons (Fsp3) is 0.450. The quantitative estimate of drug-likeness (QED) is 0.932. The largest absolute Gasteiger partial charge is 0.481 e. The van der Waals surface area contributed by atoms with Crippen LogP contribution < -0.4 is 0 Å². The van der Waals surface area contributed by atoms with Gasteiger partial charge in [-0.3, -0.25) is 14.6 Å². The van der Waals surface area contributed by atoms with Crippen LogP contribution in [0.2, 0.25) is 0 Å². The van der Waals surface area contributed by atoms with Crippen molar-refractivity contribution in [3.63, 3.8) is 0 Å². The third-order valence-corrected chi connectivity index (χ3v) is 5.32. The predicted octanol–water partition coefficient (Wildman–Crippen LogP) is 3.28. The van der Waals surface area contributed by atoms with Gasteiger partial charge in [0.25, 0.3) is 5.91 Å². The minimum atomic E-state index is -0.819. The fourth-order valence-corrected chi connectivity index (χ4v) is 3.78. The number of carbonyl (C=O) groups is 2. The molecule has 0 bridgehead atoms. The number of carboxylic acids is 1. The molecule has 2 heterocycles. The Morgan fingerprint density at radius 2 is 1.92 bits per heavy atom. The van der Waals surface area contributed by atoms with Gasteiger partial charge in [-0.05, 0) is 50.8 Å². The smallest absolute Gasteiger partial charge is 0.308 e. The normalized spacial score (nSPS) is 20.2. The van der Waals surface area contributed by atoms with E-state index in [1.54, 1.807) is 4.90 Å². The molecule has 1 N–H and O–H groups in total. The molecule has 0 spiro atoms. The summed E-state index contributed by atoms with van der Waals surface area (Å²) < 4.78 is 0. The first-order valence-electron chi connectivity index (χ1n) is 8.88. The molecule has 25 heavy (non-hydrogen) atoms. The Morgan fingerprint density at radius 3 is 2.56 bits per heavy atom. The Balaban J connectivity index is 1.80. The lowest BCUT2D eigenvalue weighted by molar-refractivity contribution is -0.141. The van der Waals surface area contributed by atoms with Crippen LogP contribution in [0.15, 0.2) is 18.2 Å². The Labute approximate surface area is 146 Å². The number of pyridine rings is 1. The van der Waals surface area contributed by atoms with Crippen LogP contribution in [0.3, 0.4) is 0 Å². The first-order valence-corrected chi connectivity index (χ1v) is 8.88. The monoisotopic (exact) mass is 338 g/mol. The van der Waals surface area contributed by atoms with Crippen molar-refractivity contribution in [3.05, 3.63) is 40.6 Å². The maximum atomic E-state index is 13.2. The molecule has 4 rings (SSSR count). The summed E-state index contributed by atoms with van der Waals surface area (Å²) in [4.78, 5) is 30.9. The van der Waals surface area contributed by atoms with Gasteiger partial charge in [0, 0.05) is 30.1 Å². The number of hydrogen-bond acceptors (Lipinski definition) is 3. The van der Waals surface area contributed by atoms with Gasteiger partial charge in [0.05, 0.1) is 17.0 Å². The number of carbonyl (C=O) groups excluding carboxylic acids is 1. The number of aliphatic carboxylic acids is 1. The zero-order chi connectivity index (χ0) is 17.7. The first kappa shape index (κ1) is 16.1. The highest BCUT2D eigenvalue weighted by Gasteiger charge is 2.33. The zero-order valence-corrected chi connectivity index (χ0v) is 14.6. The number of aromatic nitrogens is 1. The third-order valence-electron chi connectivity index (χ3n) is 5.32. The molecule has 5 nitrogen and oxygen atoms in total. The standard InChI is InChI=1S/C20H22N2O3/c1-11-7-12(2)18-15(8-11)16(9-17(21-18)13-3-4-13)19(23)22-6-5-14(10-22)20(24)25/h7-9,13-14H,3-6,10H2,1-2H3,(H,24,25). The van der Waals surface area contributed by atoms with E-state index in [0.29, 0.717) is 31.0 Å². The number of nitrogens with zero attached hydrogens (tertiary/aromatic N) is 2. The van der Waals surface area contributed by atoms with Crippen molar-refractivity contribution in [1.29, 1.82) is 0 Å². The van der Waals surface area contributed by atoms with E-state index in [-0.39, 0.29) is 5.91 Å². The molecule has 2 aromatic rings. The molecule has 0 radical (unpaired) electrons. The molecule has 1 unspecified atom stereocenters. The lowest BCUT2D eigenvalue weighted by Crippen LogP contribution is -2.30. The topological polar surface area (TPSA) is 70.5 Å². The second-order valence-corrected chi connectivity index (χ2v) is 7.42. The highest BCUT2D eigenvalue weighted by Crippen LogP contribution is 2.41. The third kappa shape index (κ3) is 2.88.